The third kappa shape index (κ3) is 1.93. The Morgan fingerprint density at radius 1 is 1.33 bits per heavy atom. The van der Waals surface area contributed by atoms with E-state index < -0.39 is 0 Å². The van der Waals surface area contributed by atoms with Gasteiger partial charge in [-0.25, -0.2) is 4.98 Å². The van der Waals surface area contributed by atoms with Crippen LogP contribution >= 0.6 is 0 Å². The van der Waals surface area contributed by atoms with Crippen LogP contribution in [0.5, 0.6) is 11.8 Å². The van der Waals surface area contributed by atoms with Crippen LogP contribution in [-0.4, -0.2) is 9.55 Å². The smallest absolute Gasteiger partial charge is 0.303 e. The Labute approximate surface area is 88.3 Å². The summed E-state index contributed by atoms with van der Waals surface area (Å²) in [5.41, 5.74) is 5.73. The Morgan fingerprint density at radius 2 is 2.07 bits per heavy atom. The minimum atomic E-state index is 0.529. The Balaban J connectivity index is 2.25. The van der Waals surface area contributed by atoms with Crippen molar-refractivity contribution in [1.82, 2.24) is 9.55 Å². The summed E-state index contributed by atoms with van der Waals surface area (Å²) in [5, 5.41) is 0. The first-order valence-corrected chi connectivity index (χ1v) is 4.85. The minimum Gasteiger partial charge on any atom is -0.425 e. The number of ether oxygens (including phenoxy) is 1. The van der Waals surface area contributed by atoms with Crippen molar-refractivity contribution in [2.24, 2.45) is 0 Å². The fraction of sp³-hybridized carbons (Fsp3) is 0.182. The van der Waals surface area contributed by atoms with E-state index in [-0.39, 0.29) is 0 Å². The molecule has 4 heteroatoms. The number of nitrogens with two attached hydrogens (primary N) is 1. The molecule has 0 aliphatic carbocycles. The summed E-state index contributed by atoms with van der Waals surface area (Å²) in [6, 6.07) is 10.1. The van der Waals surface area contributed by atoms with Crippen molar-refractivity contribution in [2.75, 3.05) is 5.73 Å². The average Bonchev–Trinajstić information content (AvgIpc) is 2.61. The fourth-order valence-electron chi connectivity index (χ4n) is 1.36. The second kappa shape index (κ2) is 4.04. The standard InChI is InChI=1S/C11H13N3O/c1-2-14-10(12)8-13-11(14)15-9-6-4-3-5-7-9/h3-8H,2,12H2,1H3. The Bertz CT molecular complexity index is 436. The summed E-state index contributed by atoms with van der Waals surface area (Å²) in [6.45, 7) is 2.74. The van der Waals surface area contributed by atoms with Crippen molar-refractivity contribution >= 4 is 5.82 Å². The van der Waals surface area contributed by atoms with Crippen molar-refractivity contribution in [1.29, 1.82) is 0 Å². The quantitative estimate of drug-likeness (QED) is 0.832. The second-order valence-electron chi connectivity index (χ2n) is 3.13. The second-order valence-corrected chi connectivity index (χ2v) is 3.13. The van der Waals surface area contributed by atoms with Gasteiger partial charge in [-0.05, 0) is 19.1 Å². The van der Waals surface area contributed by atoms with Gasteiger partial charge >= 0.3 is 6.01 Å². The van der Waals surface area contributed by atoms with Crippen LogP contribution in [0.2, 0.25) is 0 Å². The van der Waals surface area contributed by atoms with E-state index >= 15 is 0 Å². The summed E-state index contributed by atoms with van der Waals surface area (Å²) in [6.07, 6.45) is 1.60. The van der Waals surface area contributed by atoms with Crippen LogP contribution in [0.1, 0.15) is 6.92 Å². The van der Waals surface area contributed by atoms with Gasteiger partial charge in [-0.2, -0.15) is 0 Å². The molecular weight excluding hydrogens is 190 g/mol. The maximum Gasteiger partial charge on any atom is 0.303 e. The molecule has 0 bridgehead atoms. The first-order valence-electron chi connectivity index (χ1n) is 4.85. The molecule has 2 N–H and O–H groups in total. The highest BCUT2D eigenvalue weighted by Gasteiger charge is 2.07. The number of nitrogens with zero attached hydrogens (tertiary/aromatic N) is 2. The van der Waals surface area contributed by atoms with E-state index in [2.05, 4.69) is 4.98 Å². The number of aromatic nitrogens is 2. The number of hydrogen-bond donors (Lipinski definition) is 1. The van der Waals surface area contributed by atoms with E-state index in [0.29, 0.717) is 11.8 Å². The molecule has 0 aliphatic rings. The van der Waals surface area contributed by atoms with Crippen LogP contribution in [0.4, 0.5) is 5.82 Å². The van der Waals surface area contributed by atoms with Gasteiger partial charge in [0.2, 0.25) is 0 Å². The zero-order valence-electron chi connectivity index (χ0n) is 8.55. The SMILES string of the molecule is CCn1c(N)cnc1Oc1ccccc1. The van der Waals surface area contributed by atoms with Gasteiger partial charge in [0, 0.05) is 6.54 Å². The van der Waals surface area contributed by atoms with Crippen LogP contribution in [0, 0.1) is 0 Å². The van der Waals surface area contributed by atoms with Crippen LogP contribution in [0.25, 0.3) is 0 Å². The third-order valence-electron chi connectivity index (χ3n) is 2.12. The predicted molar refractivity (Wildman–Crippen MR) is 58.8 cm³/mol. The van der Waals surface area contributed by atoms with E-state index in [9.17, 15) is 0 Å². The van der Waals surface area contributed by atoms with Crippen molar-refractivity contribution in [3.63, 3.8) is 0 Å². The Hall–Kier alpha value is -1.97. The number of hydrogen-bond acceptors (Lipinski definition) is 3. The number of benzene rings is 1. The fourth-order valence-corrected chi connectivity index (χ4v) is 1.36. The Kier molecular flexibility index (Phi) is 2.58. The molecule has 15 heavy (non-hydrogen) atoms. The van der Waals surface area contributed by atoms with E-state index in [0.717, 1.165) is 12.3 Å². The van der Waals surface area contributed by atoms with E-state index in [1.165, 1.54) is 0 Å². The molecule has 0 amide bonds. The van der Waals surface area contributed by atoms with Gasteiger partial charge in [0.25, 0.3) is 0 Å². The number of rotatable bonds is 3. The van der Waals surface area contributed by atoms with E-state index in [4.69, 9.17) is 10.5 Å². The summed E-state index contributed by atoms with van der Waals surface area (Å²) in [5.74, 6) is 1.38. The molecule has 1 heterocycles. The lowest BCUT2D eigenvalue weighted by Crippen LogP contribution is -2.02. The van der Waals surface area contributed by atoms with Gasteiger partial charge in [0.05, 0.1) is 6.20 Å². The van der Waals surface area contributed by atoms with Crippen molar-refractivity contribution in [2.45, 2.75) is 13.5 Å². The normalized spacial score (nSPS) is 10.2. The molecule has 2 aromatic rings. The summed E-state index contributed by atoms with van der Waals surface area (Å²) < 4.78 is 7.41. The molecule has 2 rings (SSSR count). The number of para-hydroxylation sites is 1. The highest BCUT2D eigenvalue weighted by molar-refractivity contribution is 5.32. The molecule has 0 unspecified atom stereocenters. The lowest BCUT2D eigenvalue weighted by Gasteiger charge is -2.07. The highest BCUT2D eigenvalue weighted by Crippen LogP contribution is 2.21. The molecule has 0 radical (unpaired) electrons. The van der Waals surface area contributed by atoms with Crippen molar-refractivity contribution < 1.29 is 4.74 Å². The molecule has 1 aromatic heterocycles. The van der Waals surface area contributed by atoms with Gasteiger partial charge < -0.3 is 10.5 Å². The van der Waals surface area contributed by atoms with Gasteiger partial charge in [-0.3, -0.25) is 4.57 Å². The largest absolute Gasteiger partial charge is 0.425 e. The number of imidazole rings is 1. The molecule has 0 fully saturated rings. The maximum absolute atomic E-state index is 5.73. The highest BCUT2D eigenvalue weighted by atomic mass is 16.5. The molecule has 78 valence electrons. The monoisotopic (exact) mass is 203 g/mol. The van der Waals surface area contributed by atoms with Gasteiger partial charge in [-0.15, -0.1) is 0 Å². The van der Waals surface area contributed by atoms with Gasteiger partial charge in [0.1, 0.15) is 11.6 Å². The zero-order chi connectivity index (χ0) is 10.7. The van der Waals surface area contributed by atoms with Gasteiger partial charge in [0.15, 0.2) is 0 Å². The number of anilines is 1. The van der Waals surface area contributed by atoms with Crippen molar-refractivity contribution in [3.8, 4) is 11.8 Å². The Morgan fingerprint density at radius 3 is 2.73 bits per heavy atom. The van der Waals surface area contributed by atoms with E-state index in [1.54, 1.807) is 6.20 Å². The lowest BCUT2D eigenvalue weighted by atomic mass is 10.3. The molecule has 0 atom stereocenters. The minimum absolute atomic E-state index is 0.529. The van der Waals surface area contributed by atoms with Crippen LogP contribution in [0.3, 0.4) is 0 Å². The topological polar surface area (TPSA) is 53.1 Å². The molecule has 0 spiro atoms. The van der Waals surface area contributed by atoms with E-state index in [1.807, 2.05) is 41.8 Å². The predicted octanol–water partition coefficient (Wildman–Crippen LogP) is 2.28. The summed E-state index contributed by atoms with van der Waals surface area (Å²) >= 11 is 0. The average molecular weight is 203 g/mol. The summed E-state index contributed by atoms with van der Waals surface area (Å²) in [4.78, 5) is 4.10. The van der Waals surface area contributed by atoms with Crippen LogP contribution < -0.4 is 10.5 Å². The van der Waals surface area contributed by atoms with Crippen LogP contribution in [0.15, 0.2) is 36.5 Å². The lowest BCUT2D eigenvalue weighted by molar-refractivity contribution is 0.417. The molecule has 0 saturated heterocycles. The first kappa shape index (κ1) is 9.58. The molecular formula is C11H13N3O. The number of nitrogen functional groups attached to an aromatic ring is 1. The summed E-state index contributed by atoms with van der Waals surface area (Å²) in [7, 11) is 0. The third-order valence-corrected chi connectivity index (χ3v) is 2.12. The zero-order valence-corrected chi connectivity index (χ0v) is 8.55. The molecule has 0 saturated carbocycles. The maximum atomic E-state index is 5.73. The van der Waals surface area contributed by atoms with Gasteiger partial charge in [-0.1, -0.05) is 18.2 Å². The molecule has 0 aliphatic heterocycles. The molecule has 1 aromatic carbocycles. The first-order chi connectivity index (χ1) is 7.31. The van der Waals surface area contributed by atoms with Crippen LogP contribution in [-0.2, 0) is 6.54 Å². The van der Waals surface area contributed by atoms with Crippen molar-refractivity contribution in [3.05, 3.63) is 36.5 Å². The molecule has 4 nitrogen and oxygen atoms in total.